The number of aliphatic carboxylic acids is 1. The van der Waals surface area contributed by atoms with Gasteiger partial charge >= 0.3 is 5.97 Å². The molecule has 21 heavy (non-hydrogen) atoms. The monoisotopic (exact) mass is 296 g/mol. The summed E-state index contributed by atoms with van der Waals surface area (Å²) in [6.45, 7) is 8.59. The highest BCUT2D eigenvalue weighted by Crippen LogP contribution is 2.40. The van der Waals surface area contributed by atoms with Gasteiger partial charge in [0.2, 0.25) is 0 Å². The summed E-state index contributed by atoms with van der Waals surface area (Å²) in [6.07, 6.45) is 6.31. The first-order valence-electron chi connectivity index (χ1n) is 8.63. The molecule has 0 aromatic heterocycles. The highest BCUT2D eigenvalue weighted by molar-refractivity contribution is 5.75. The van der Waals surface area contributed by atoms with Crippen LogP contribution >= 0.6 is 0 Å². The quantitative estimate of drug-likeness (QED) is 0.847. The molecule has 2 unspecified atom stereocenters. The standard InChI is InChI=1S/C17H32N2O2/c1-4-19-10-7-15(8-11-19)18(3)13-17(16(20)21)9-5-6-14(2)12-17/h14-15H,4-13H2,1-3H3,(H,20,21). The fourth-order valence-electron chi connectivity index (χ4n) is 4.35. The van der Waals surface area contributed by atoms with E-state index in [0.29, 0.717) is 12.0 Å². The molecule has 1 aliphatic heterocycles. The number of piperidine rings is 1. The Labute approximate surface area is 129 Å². The lowest BCUT2D eigenvalue weighted by molar-refractivity contribution is -0.154. The lowest BCUT2D eigenvalue weighted by atomic mass is 9.69. The first-order chi connectivity index (χ1) is 9.97. The Bertz CT molecular complexity index is 353. The van der Waals surface area contributed by atoms with Crippen LogP contribution in [0.15, 0.2) is 0 Å². The molecule has 2 rings (SSSR count). The van der Waals surface area contributed by atoms with Crippen LogP contribution in [0.1, 0.15) is 52.4 Å². The number of rotatable bonds is 5. The predicted octanol–water partition coefficient (Wildman–Crippen LogP) is 2.68. The average molecular weight is 296 g/mol. The van der Waals surface area contributed by atoms with E-state index in [-0.39, 0.29) is 0 Å². The summed E-state index contributed by atoms with van der Waals surface area (Å²) >= 11 is 0. The van der Waals surface area contributed by atoms with Gasteiger partial charge in [-0.15, -0.1) is 0 Å². The van der Waals surface area contributed by atoms with Gasteiger partial charge in [-0.1, -0.05) is 26.7 Å². The zero-order chi connectivity index (χ0) is 15.5. The van der Waals surface area contributed by atoms with Gasteiger partial charge in [-0.3, -0.25) is 4.79 Å². The summed E-state index contributed by atoms with van der Waals surface area (Å²) in [5.74, 6) is -0.0305. The smallest absolute Gasteiger partial charge is 0.310 e. The normalized spacial score (nSPS) is 32.5. The first-order valence-corrected chi connectivity index (χ1v) is 8.63. The molecule has 1 saturated heterocycles. The fraction of sp³-hybridized carbons (Fsp3) is 0.941. The van der Waals surface area contributed by atoms with E-state index >= 15 is 0 Å². The highest BCUT2D eigenvalue weighted by Gasteiger charge is 2.43. The van der Waals surface area contributed by atoms with E-state index in [1.807, 2.05) is 0 Å². The van der Waals surface area contributed by atoms with Gasteiger partial charge < -0.3 is 14.9 Å². The number of carboxylic acids is 1. The molecular formula is C17H32N2O2. The topological polar surface area (TPSA) is 43.8 Å². The lowest BCUT2D eigenvalue weighted by Crippen LogP contribution is -2.50. The van der Waals surface area contributed by atoms with Gasteiger partial charge in [-0.05, 0) is 58.3 Å². The van der Waals surface area contributed by atoms with Crippen molar-refractivity contribution in [1.29, 1.82) is 0 Å². The van der Waals surface area contributed by atoms with Gasteiger partial charge in [0.25, 0.3) is 0 Å². The Balaban J connectivity index is 1.95. The Hall–Kier alpha value is -0.610. The fourth-order valence-corrected chi connectivity index (χ4v) is 4.35. The lowest BCUT2D eigenvalue weighted by Gasteiger charge is -2.43. The summed E-state index contributed by atoms with van der Waals surface area (Å²) < 4.78 is 0. The van der Waals surface area contributed by atoms with Gasteiger partial charge in [-0.2, -0.15) is 0 Å². The van der Waals surface area contributed by atoms with Gasteiger partial charge in [0.05, 0.1) is 5.41 Å². The molecule has 1 heterocycles. The summed E-state index contributed by atoms with van der Waals surface area (Å²) in [5, 5.41) is 9.80. The third-order valence-electron chi connectivity index (χ3n) is 5.72. The molecule has 0 aromatic carbocycles. The van der Waals surface area contributed by atoms with Gasteiger partial charge in [-0.25, -0.2) is 0 Å². The van der Waals surface area contributed by atoms with Gasteiger partial charge in [0, 0.05) is 12.6 Å². The van der Waals surface area contributed by atoms with Crippen molar-refractivity contribution in [3.05, 3.63) is 0 Å². The molecule has 0 aromatic rings. The molecule has 1 aliphatic carbocycles. The van der Waals surface area contributed by atoms with Crippen LogP contribution in [-0.4, -0.2) is 60.1 Å². The Kier molecular flexibility index (Phi) is 5.67. The second-order valence-corrected chi connectivity index (χ2v) is 7.37. The van der Waals surface area contributed by atoms with Crippen LogP contribution in [0.25, 0.3) is 0 Å². The minimum absolute atomic E-state index is 0.506. The molecule has 1 saturated carbocycles. The number of hydrogen-bond acceptors (Lipinski definition) is 3. The van der Waals surface area contributed by atoms with Crippen molar-refractivity contribution in [3.8, 4) is 0 Å². The number of nitrogens with zero attached hydrogens (tertiary/aromatic N) is 2. The molecule has 0 radical (unpaired) electrons. The third kappa shape index (κ3) is 3.98. The van der Waals surface area contributed by atoms with E-state index in [2.05, 4.69) is 30.7 Å². The van der Waals surface area contributed by atoms with E-state index in [1.165, 1.54) is 19.3 Å². The van der Waals surface area contributed by atoms with Crippen molar-refractivity contribution in [3.63, 3.8) is 0 Å². The van der Waals surface area contributed by atoms with Crippen LogP contribution in [0, 0.1) is 11.3 Å². The van der Waals surface area contributed by atoms with Crippen LogP contribution in [0.4, 0.5) is 0 Å². The molecule has 0 spiro atoms. The summed E-state index contributed by atoms with van der Waals surface area (Å²) in [5.41, 5.74) is -0.506. The molecular weight excluding hydrogens is 264 g/mol. The van der Waals surface area contributed by atoms with E-state index in [0.717, 1.165) is 45.4 Å². The van der Waals surface area contributed by atoms with Crippen LogP contribution in [0.5, 0.6) is 0 Å². The van der Waals surface area contributed by atoms with Crippen molar-refractivity contribution in [1.82, 2.24) is 9.80 Å². The molecule has 2 atom stereocenters. The molecule has 2 fully saturated rings. The number of carbonyl (C=O) groups is 1. The summed E-state index contributed by atoms with van der Waals surface area (Å²) in [6, 6.07) is 0.557. The number of hydrogen-bond donors (Lipinski definition) is 1. The minimum atomic E-state index is -0.577. The third-order valence-corrected chi connectivity index (χ3v) is 5.72. The zero-order valence-electron chi connectivity index (χ0n) is 14.0. The zero-order valence-corrected chi connectivity index (χ0v) is 14.0. The predicted molar refractivity (Wildman–Crippen MR) is 85.5 cm³/mol. The van der Waals surface area contributed by atoms with Crippen molar-refractivity contribution in [2.75, 3.05) is 33.2 Å². The SMILES string of the molecule is CCN1CCC(N(C)CC2(C(=O)O)CCCC(C)C2)CC1. The highest BCUT2D eigenvalue weighted by atomic mass is 16.4. The second kappa shape index (κ2) is 7.10. The second-order valence-electron chi connectivity index (χ2n) is 7.37. The van der Waals surface area contributed by atoms with Crippen LogP contribution < -0.4 is 0 Å². The van der Waals surface area contributed by atoms with Crippen LogP contribution in [0.3, 0.4) is 0 Å². The summed E-state index contributed by atoms with van der Waals surface area (Å²) in [4.78, 5) is 16.7. The van der Waals surface area contributed by atoms with Crippen molar-refractivity contribution in [2.24, 2.45) is 11.3 Å². The summed E-state index contributed by atoms with van der Waals surface area (Å²) in [7, 11) is 2.14. The Morgan fingerprint density at radius 3 is 2.52 bits per heavy atom. The van der Waals surface area contributed by atoms with Crippen LogP contribution in [-0.2, 0) is 4.79 Å². The maximum absolute atomic E-state index is 11.9. The molecule has 0 amide bonds. The van der Waals surface area contributed by atoms with E-state index in [1.54, 1.807) is 0 Å². The molecule has 4 nitrogen and oxygen atoms in total. The molecule has 122 valence electrons. The van der Waals surface area contributed by atoms with Crippen LogP contribution in [0.2, 0.25) is 0 Å². The van der Waals surface area contributed by atoms with Crippen molar-refractivity contribution < 1.29 is 9.90 Å². The minimum Gasteiger partial charge on any atom is -0.481 e. The van der Waals surface area contributed by atoms with E-state index < -0.39 is 11.4 Å². The van der Waals surface area contributed by atoms with E-state index in [9.17, 15) is 9.90 Å². The molecule has 0 bridgehead atoms. The maximum atomic E-state index is 11.9. The first kappa shape index (κ1) is 16.8. The van der Waals surface area contributed by atoms with Gasteiger partial charge in [0.15, 0.2) is 0 Å². The van der Waals surface area contributed by atoms with E-state index in [4.69, 9.17) is 0 Å². The Morgan fingerprint density at radius 2 is 2.00 bits per heavy atom. The van der Waals surface area contributed by atoms with Gasteiger partial charge in [0.1, 0.15) is 0 Å². The van der Waals surface area contributed by atoms with Crippen molar-refractivity contribution in [2.45, 2.75) is 58.4 Å². The average Bonchev–Trinajstić information content (AvgIpc) is 2.47. The number of carboxylic acid groups (broad SMARTS) is 1. The number of likely N-dealkylation sites (tertiary alicyclic amines) is 1. The Morgan fingerprint density at radius 1 is 1.33 bits per heavy atom. The molecule has 2 aliphatic rings. The molecule has 4 heteroatoms. The maximum Gasteiger partial charge on any atom is 0.310 e. The molecule has 1 N–H and O–H groups in total. The largest absolute Gasteiger partial charge is 0.481 e. The van der Waals surface area contributed by atoms with Crippen molar-refractivity contribution >= 4 is 5.97 Å².